The minimum atomic E-state index is -0.491. The number of nitrogens with zero attached hydrogens (tertiary/aromatic N) is 2. The topological polar surface area (TPSA) is 105 Å². The summed E-state index contributed by atoms with van der Waals surface area (Å²) >= 11 is 0. The van der Waals surface area contributed by atoms with Crippen molar-refractivity contribution in [2.45, 2.75) is 91.4 Å². The van der Waals surface area contributed by atoms with Crippen LogP contribution >= 0.6 is 0 Å². The van der Waals surface area contributed by atoms with Gasteiger partial charge in [-0.2, -0.15) is 10.2 Å². The molecular formula is C49H56N2O7. The summed E-state index contributed by atoms with van der Waals surface area (Å²) in [5.41, 5.74) is 3.89. The van der Waals surface area contributed by atoms with Crippen molar-refractivity contribution in [3.8, 4) is 39.9 Å². The normalized spacial score (nSPS) is 11.0. The van der Waals surface area contributed by atoms with Crippen molar-refractivity contribution in [3.05, 3.63) is 126 Å². The van der Waals surface area contributed by atoms with Gasteiger partial charge in [-0.15, -0.1) is 0 Å². The summed E-state index contributed by atoms with van der Waals surface area (Å²) in [6.07, 6.45) is 12.1. The number of esters is 2. The van der Waals surface area contributed by atoms with E-state index in [9.17, 15) is 9.59 Å². The molecule has 5 aromatic carbocycles. The Hall–Kier alpha value is -5.96. The molecule has 0 spiro atoms. The largest absolute Gasteiger partial charge is 0.494 e. The first-order valence-electron chi connectivity index (χ1n) is 20.7. The Kier molecular flexibility index (Phi) is 17.8. The third-order valence-corrected chi connectivity index (χ3v) is 9.35. The van der Waals surface area contributed by atoms with Crippen LogP contribution in [-0.2, 0) is 0 Å². The summed E-state index contributed by atoms with van der Waals surface area (Å²) in [5.74, 6) is 1.86. The maximum atomic E-state index is 13.3. The monoisotopic (exact) mass is 784 g/mol. The van der Waals surface area contributed by atoms with Gasteiger partial charge in [0.2, 0.25) is 0 Å². The summed E-state index contributed by atoms with van der Waals surface area (Å²) in [6, 6.07) is 34.0. The standard InChI is InChI=1S/C49H56N2O7/c1-4-7-10-13-32-55-46-34-40(35-47(36-46)56-33-14-11-8-5-2)49(53)58-45-27-19-38(20-28-45)37-17-25-44(26-18-37)57-48(52)39-15-21-41(22-16-39)50-51-42-23-29-43(30-24-42)54-31-12-9-6-3/h15-30,34-36H,4-14,31-33H2,1-3H3. The van der Waals surface area contributed by atoms with Crippen LogP contribution in [0.15, 0.2) is 125 Å². The Bertz CT molecular complexity index is 1980. The Labute approximate surface area is 343 Å². The van der Waals surface area contributed by atoms with E-state index < -0.39 is 11.9 Å². The molecule has 0 radical (unpaired) electrons. The molecule has 0 saturated carbocycles. The number of ether oxygens (including phenoxy) is 5. The van der Waals surface area contributed by atoms with Crippen molar-refractivity contribution in [2.24, 2.45) is 10.2 Å². The third-order valence-electron chi connectivity index (χ3n) is 9.35. The van der Waals surface area contributed by atoms with E-state index in [1.807, 2.05) is 54.6 Å². The zero-order valence-corrected chi connectivity index (χ0v) is 34.1. The summed E-state index contributed by atoms with van der Waals surface area (Å²) in [5, 5.41) is 8.58. The molecule has 0 amide bonds. The van der Waals surface area contributed by atoms with Crippen LogP contribution < -0.4 is 23.7 Å². The van der Waals surface area contributed by atoms with Crippen molar-refractivity contribution in [3.63, 3.8) is 0 Å². The molecule has 304 valence electrons. The summed E-state index contributed by atoms with van der Waals surface area (Å²) < 4.78 is 29.2. The maximum Gasteiger partial charge on any atom is 0.343 e. The molecule has 5 rings (SSSR count). The molecule has 0 saturated heterocycles. The minimum Gasteiger partial charge on any atom is -0.494 e. The highest BCUT2D eigenvalue weighted by Gasteiger charge is 2.14. The smallest absolute Gasteiger partial charge is 0.343 e. The number of azo groups is 1. The van der Waals surface area contributed by atoms with Crippen LogP contribution in [0, 0.1) is 0 Å². The van der Waals surface area contributed by atoms with E-state index in [-0.39, 0.29) is 0 Å². The van der Waals surface area contributed by atoms with Crippen molar-refractivity contribution >= 4 is 23.3 Å². The van der Waals surface area contributed by atoms with E-state index in [1.165, 1.54) is 12.8 Å². The maximum absolute atomic E-state index is 13.3. The molecule has 0 N–H and O–H groups in total. The van der Waals surface area contributed by atoms with Crippen LogP contribution in [0.3, 0.4) is 0 Å². The zero-order valence-electron chi connectivity index (χ0n) is 34.1. The number of benzene rings is 5. The van der Waals surface area contributed by atoms with Crippen LogP contribution in [0.4, 0.5) is 11.4 Å². The molecular weight excluding hydrogens is 729 g/mol. The Morgan fingerprint density at radius 3 is 1.24 bits per heavy atom. The third kappa shape index (κ3) is 14.5. The Morgan fingerprint density at radius 1 is 0.397 bits per heavy atom. The number of rotatable bonds is 24. The van der Waals surface area contributed by atoms with E-state index in [2.05, 4.69) is 31.0 Å². The Balaban J connectivity index is 1.12. The number of carbonyl (C=O) groups is 2. The minimum absolute atomic E-state index is 0.367. The first-order valence-corrected chi connectivity index (χ1v) is 20.7. The highest BCUT2D eigenvalue weighted by atomic mass is 16.5. The molecule has 0 heterocycles. The summed E-state index contributed by atoms with van der Waals surface area (Å²) in [6.45, 7) is 8.38. The Morgan fingerprint density at radius 2 is 0.776 bits per heavy atom. The van der Waals surface area contributed by atoms with Crippen molar-refractivity contribution in [2.75, 3.05) is 19.8 Å². The van der Waals surface area contributed by atoms with Gasteiger partial charge in [0.05, 0.1) is 42.3 Å². The SMILES string of the molecule is CCCCCCOc1cc(OCCCCCC)cc(C(=O)Oc2ccc(-c3ccc(OC(=O)c4ccc(N=Nc5ccc(OCCCCC)cc5)cc4)cc3)cc2)c1. The predicted octanol–water partition coefficient (Wildman–Crippen LogP) is 13.7. The van der Waals surface area contributed by atoms with Gasteiger partial charge < -0.3 is 23.7 Å². The molecule has 9 nitrogen and oxygen atoms in total. The first kappa shape index (κ1) is 43.2. The lowest BCUT2D eigenvalue weighted by Crippen LogP contribution is -2.10. The van der Waals surface area contributed by atoms with Gasteiger partial charge in [-0.3, -0.25) is 0 Å². The molecule has 58 heavy (non-hydrogen) atoms. The highest BCUT2D eigenvalue weighted by Crippen LogP contribution is 2.28. The molecule has 0 aliphatic rings. The van der Waals surface area contributed by atoms with Gasteiger partial charge in [-0.25, -0.2) is 9.59 Å². The average Bonchev–Trinajstić information content (AvgIpc) is 3.25. The fourth-order valence-corrected chi connectivity index (χ4v) is 5.99. The van der Waals surface area contributed by atoms with Crippen LogP contribution in [0.5, 0.6) is 28.7 Å². The molecule has 0 bridgehead atoms. The zero-order chi connectivity index (χ0) is 40.8. The highest BCUT2D eigenvalue weighted by molar-refractivity contribution is 5.92. The van der Waals surface area contributed by atoms with Gasteiger partial charge in [0.25, 0.3) is 0 Å². The van der Waals surface area contributed by atoms with Gasteiger partial charge in [0.15, 0.2) is 0 Å². The molecule has 0 aliphatic carbocycles. The van der Waals surface area contributed by atoms with Crippen molar-refractivity contribution in [1.82, 2.24) is 0 Å². The van der Waals surface area contributed by atoms with Gasteiger partial charge in [0.1, 0.15) is 28.7 Å². The lowest BCUT2D eigenvalue weighted by molar-refractivity contribution is 0.0724. The average molecular weight is 785 g/mol. The van der Waals surface area contributed by atoms with Crippen LogP contribution in [0.25, 0.3) is 11.1 Å². The fourth-order valence-electron chi connectivity index (χ4n) is 5.99. The van der Waals surface area contributed by atoms with Crippen molar-refractivity contribution < 1.29 is 33.3 Å². The van der Waals surface area contributed by atoms with Gasteiger partial charge in [-0.1, -0.05) is 96.4 Å². The second kappa shape index (κ2) is 24.0. The van der Waals surface area contributed by atoms with Gasteiger partial charge >= 0.3 is 11.9 Å². The lowest BCUT2D eigenvalue weighted by Gasteiger charge is -2.13. The van der Waals surface area contributed by atoms with E-state index in [0.717, 1.165) is 74.7 Å². The number of unbranched alkanes of at least 4 members (excludes halogenated alkanes) is 8. The quantitative estimate of drug-likeness (QED) is 0.0265. The molecule has 0 aliphatic heterocycles. The van der Waals surface area contributed by atoms with Crippen LogP contribution in [-0.4, -0.2) is 31.8 Å². The van der Waals surface area contributed by atoms with Gasteiger partial charge in [0, 0.05) is 6.07 Å². The number of carbonyl (C=O) groups excluding carboxylic acids is 2. The first-order chi connectivity index (χ1) is 28.4. The summed E-state index contributed by atoms with van der Waals surface area (Å²) in [4.78, 5) is 26.2. The van der Waals surface area contributed by atoms with Crippen LogP contribution in [0.1, 0.15) is 112 Å². The van der Waals surface area contributed by atoms with E-state index in [4.69, 9.17) is 23.7 Å². The van der Waals surface area contributed by atoms with Gasteiger partial charge in [-0.05, 0) is 115 Å². The van der Waals surface area contributed by atoms with Crippen molar-refractivity contribution in [1.29, 1.82) is 0 Å². The molecule has 0 atom stereocenters. The summed E-state index contributed by atoms with van der Waals surface area (Å²) in [7, 11) is 0. The van der Waals surface area contributed by atoms with E-state index >= 15 is 0 Å². The predicted molar refractivity (Wildman–Crippen MR) is 230 cm³/mol. The number of hydrogen-bond donors (Lipinski definition) is 0. The molecule has 0 fully saturated rings. The lowest BCUT2D eigenvalue weighted by atomic mass is 10.1. The number of hydrogen-bond acceptors (Lipinski definition) is 9. The molecule has 9 heteroatoms. The van der Waals surface area contributed by atoms with Crippen LogP contribution in [0.2, 0.25) is 0 Å². The second-order valence-corrected chi connectivity index (χ2v) is 14.1. The fraction of sp³-hybridized carbons (Fsp3) is 0.347. The molecule has 5 aromatic rings. The van der Waals surface area contributed by atoms with E-state index in [0.29, 0.717) is 65.3 Å². The van der Waals surface area contributed by atoms with E-state index in [1.54, 1.807) is 60.7 Å². The second-order valence-electron chi connectivity index (χ2n) is 14.1. The molecule has 0 aromatic heterocycles. The molecule has 0 unspecified atom stereocenters.